The molecule has 0 atom stereocenters. The van der Waals surface area contributed by atoms with Crippen molar-refractivity contribution in [2.24, 2.45) is 0 Å². The van der Waals surface area contributed by atoms with Gasteiger partial charge in [-0.1, -0.05) is 91.0 Å². The van der Waals surface area contributed by atoms with E-state index in [1.165, 1.54) is 5.56 Å². The lowest BCUT2D eigenvalue weighted by Gasteiger charge is -2.35. The third kappa shape index (κ3) is 4.45. The van der Waals surface area contributed by atoms with Gasteiger partial charge < -0.3 is 10.4 Å². The molecular formula is C26H28N2O2. The van der Waals surface area contributed by atoms with Crippen molar-refractivity contribution in [1.82, 2.24) is 10.2 Å². The number of likely N-dealkylation sites (tertiary alicyclic amines) is 1. The summed E-state index contributed by atoms with van der Waals surface area (Å²) in [5.74, 6) is -0.360. The van der Waals surface area contributed by atoms with Gasteiger partial charge in [-0.2, -0.15) is 0 Å². The van der Waals surface area contributed by atoms with Crippen LogP contribution >= 0.6 is 0 Å². The average molecular weight is 401 g/mol. The summed E-state index contributed by atoms with van der Waals surface area (Å²) in [4.78, 5) is 15.7. The van der Waals surface area contributed by atoms with Crippen LogP contribution in [0, 0.1) is 0 Å². The van der Waals surface area contributed by atoms with Crippen molar-refractivity contribution in [2.45, 2.75) is 31.0 Å². The van der Waals surface area contributed by atoms with Gasteiger partial charge in [0.15, 0.2) is 5.60 Å². The molecule has 0 bridgehead atoms. The highest BCUT2D eigenvalue weighted by Crippen LogP contribution is 2.30. The zero-order chi connectivity index (χ0) is 20.8. The Hall–Kier alpha value is -2.95. The summed E-state index contributed by atoms with van der Waals surface area (Å²) in [6, 6.07) is 28.9. The van der Waals surface area contributed by atoms with Crippen LogP contribution in [0.4, 0.5) is 0 Å². The summed E-state index contributed by atoms with van der Waals surface area (Å²) in [5, 5.41) is 14.7. The van der Waals surface area contributed by atoms with E-state index in [4.69, 9.17) is 0 Å². The normalized spacial score (nSPS) is 15.6. The number of carbonyl (C=O) groups excluding carboxylic acids is 1. The van der Waals surface area contributed by atoms with Crippen LogP contribution in [0.25, 0.3) is 0 Å². The molecule has 0 unspecified atom stereocenters. The Bertz CT molecular complexity index is 897. The first-order valence-corrected chi connectivity index (χ1v) is 10.6. The van der Waals surface area contributed by atoms with Gasteiger partial charge in [-0.15, -0.1) is 0 Å². The van der Waals surface area contributed by atoms with Gasteiger partial charge in [0.05, 0.1) is 0 Å². The van der Waals surface area contributed by atoms with E-state index in [-0.39, 0.29) is 11.9 Å². The highest BCUT2D eigenvalue weighted by molar-refractivity contribution is 5.90. The molecule has 0 saturated carbocycles. The molecule has 0 spiro atoms. The summed E-state index contributed by atoms with van der Waals surface area (Å²) in [6.07, 6.45) is 1.75. The van der Waals surface area contributed by atoms with E-state index in [1.807, 2.05) is 42.5 Å². The Balaban J connectivity index is 1.44. The lowest BCUT2D eigenvalue weighted by atomic mass is 9.85. The first kappa shape index (κ1) is 20.3. The Morgan fingerprint density at radius 2 is 1.30 bits per heavy atom. The molecule has 0 radical (unpaired) electrons. The predicted octanol–water partition coefficient (Wildman–Crippen LogP) is 3.70. The molecule has 1 aliphatic rings. The third-order valence-corrected chi connectivity index (χ3v) is 5.88. The molecule has 4 nitrogen and oxygen atoms in total. The van der Waals surface area contributed by atoms with Crippen LogP contribution < -0.4 is 5.32 Å². The van der Waals surface area contributed by atoms with E-state index in [0.717, 1.165) is 32.5 Å². The number of hydrogen-bond acceptors (Lipinski definition) is 3. The van der Waals surface area contributed by atoms with E-state index in [1.54, 1.807) is 24.3 Å². The SMILES string of the molecule is O=C(NC1CCN(Cc2ccccc2)CC1)C(O)(c1ccccc1)c1ccccc1. The van der Waals surface area contributed by atoms with E-state index in [9.17, 15) is 9.90 Å². The number of amides is 1. The summed E-state index contributed by atoms with van der Waals surface area (Å²) in [5.41, 5.74) is 0.761. The van der Waals surface area contributed by atoms with E-state index in [0.29, 0.717) is 11.1 Å². The summed E-state index contributed by atoms with van der Waals surface area (Å²) in [6.45, 7) is 2.78. The fourth-order valence-corrected chi connectivity index (χ4v) is 4.15. The van der Waals surface area contributed by atoms with Crippen molar-refractivity contribution < 1.29 is 9.90 Å². The van der Waals surface area contributed by atoms with Gasteiger partial charge in [-0.25, -0.2) is 0 Å². The van der Waals surface area contributed by atoms with Crippen LogP contribution in [0.15, 0.2) is 91.0 Å². The number of piperidine rings is 1. The molecule has 1 amide bonds. The number of hydrogen-bond donors (Lipinski definition) is 2. The Morgan fingerprint density at radius 1 is 0.833 bits per heavy atom. The van der Waals surface area contributed by atoms with Gasteiger partial charge in [0.25, 0.3) is 5.91 Å². The number of carbonyl (C=O) groups is 1. The number of nitrogens with one attached hydrogen (secondary N) is 1. The summed E-state index contributed by atoms with van der Waals surface area (Å²) >= 11 is 0. The second kappa shape index (κ2) is 9.24. The monoisotopic (exact) mass is 400 g/mol. The van der Waals surface area contributed by atoms with Gasteiger partial charge in [0, 0.05) is 25.7 Å². The zero-order valence-electron chi connectivity index (χ0n) is 17.1. The molecule has 0 aliphatic carbocycles. The molecule has 30 heavy (non-hydrogen) atoms. The van der Waals surface area contributed by atoms with Gasteiger partial charge in [0.2, 0.25) is 0 Å². The van der Waals surface area contributed by atoms with Gasteiger partial charge in [-0.05, 0) is 29.5 Å². The van der Waals surface area contributed by atoms with Gasteiger partial charge in [-0.3, -0.25) is 9.69 Å². The van der Waals surface area contributed by atoms with Crippen LogP contribution in [-0.2, 0) is 16.9 Å². The minimum absolute atomic E-state index is 0.0588. The van der Waals surface area contributed by atoms with Crippen molar-refractivity contribution in [3.63, 3.8) is 0 Å². The standard InChI is InChI=1S/C26H28N2O2/c29-25(26(30,22-12-6-2-7-13-22)23-14-8-3-9-15-23)27-24-16-18-28(19-17-24)20-21-10-4-1-5-11-21/h1-15,24,30H,16-20H2,(H,27,29). The summed E-state index contributed by atoms with van der Waals surface area (Å²) in [7, 11) is 0. The van der Waals surface area contributed by atoms with Crippen molar-refractivity contribution in [1.29, 1.82) is 0 Å². The van der Waals surface area contributed by atoms with E-state index < -0.39 is 5.60 Å². The Kier molecular flexibility index (Phi) is 6.26. The molecule has 4 rings (SSSR count). The minimum atomic E-state index is -1.70. The van der Waals surface area contributed by atoms with Crippen LogP contribution in [0.3, 0.4) is 0 Å². The molecule has 1 aliphatic heterocycles. The maximum Gasteiger partial charge on any atom is 0.261 e. The van der Waals surface area contributed by atoms with E-state index >= 15 is 0 Å². The molecule has 1 fully saturated rings. The largest absolute Gasteiger partial charge is 0.372 e. The second-order valence-corrected chi connectivity index (χ2v) is 7.95. The molecule has 1 heterocycles. The fraction of sp³-hybridized carbons (Fsp3) is 0.269. The zero-order valence-corrected chi connectivity index (χ0v) is 17.1. The van der Waals surface area contributed by atoms with Gasteiger partial charge in [0.1, 0.15) is 0 Å². The molecule has 154 valence electrons. The highest BCUT2D eigenvalue weighted by Gasteiger charge is 2.40. The molecule has 3 aromatic rings. The molecule has 2 N–H and O–H groups in total. The Morgan fingerprint density at radius 3 is 1.80 bits per heavy atom. The number of benzene rings is 3. The predicted molar refractivity (Wildman–Crippen MR) is 119 cm³/mol. The maximum absolute atomic E-state index is 13.3. The molecular weight excluding hydrogens is 372 g/mol. The first-order chi connectivity index (χ1) is 14.7. The van der Waals surface area contributed by atoms with Crippen LogP contribution in [-0.4, -0.2) is 35.0 Å². The van der Waals surface area contributed by atoms with Crippen molar-refractivity contribution in [3.8, 4) is 0 Å². The highest BCUT2D eigenvalue weighted by atomic mass is 16.3. The van der Waals surface area contributed by atoms with Crippen LogP contribution in [0.2, 0.25) is 0 Å². The van der Waals surface area contributed by atoms with Crippen molar-refractivity contribution >= 4 is 5.91 Å². The molecule has 4 heteroatoms. The average Bonchev–Trinajstić information content (AvgIpc) is 2.81. The Labute approximate surface area is 178 Å². The quantitative estimate of drug-likeness (QED) is 0.663. The molecule has 1 saturated heterocycles. The van der Waals surface area contributed by atoms with Gasteiger partial charge >= 0.3 is 0 Å². The second-order valence-electron chi connectivity index (χ2n) is 7.95. The third-order valence-electron chi connectivity index (χ3n) is 5.88. The fourth-order valence-electron chi connectivity index (χ4n) is 4.15. The smallest absolute Gasteiger partial charge is 0.261 e. The first-order valence-electron chi connectivity index (χ1n) is 10.6. The summed E-state index contributed by atoms with van der Waals surface area (Å²) < 4.78 is 0. The molecule has 0 aromatic heterocycles. The minimum Gasteiger partial charge on any atom is -0.372 e. The maximum atomic E-state index is 13.3. The van der Waals surface area contributed by atoms with Crippen LogP contribution in [0.1, 0.15) is 29.5 Å². The number of nitrogens with zero attached hydrogens (tertiary/aromatic N) is 1. The van der Waals surface area contributed by atoms with Crippen molar-refractivity contribution in [3.05, 3.63) is 108 Å². The van der Waals surface area contributed by atoms with Crippen LogP contribution in [0.5, 0.6) is 0 Å². The van der Waals surface area contributed by atoms with Crippen molar-refractivity contribution in [2.75, 3.05) is 13.1 Å². The topological polar surface area (TPSA) is 52.6 Å². The lowest BCUT2D eigenvalue weighted by Crippen LogP contribution is -2.51. The molecule has 3 aromatic carbocycles. The lowest BCUT2D eigenvalue weighted by molar-refractivity contribution is -0.137. The number of aliphatic hydroxyl groups is 1. The van der Waals surface area contributed by atoms with E-state index in [2.05, 4.69) is 34.5 Å². The number of rotatable bonds is 6.